The lowest BCUT2D eigenvalue weighted by Gasteiger charge is -2.41. The zero-order chi connectivity index (χ0) is 30.3. The molecule has 3 rings (SSSR count). The monoisotopic (exact) mass is 574 g/mol. The van der Waals surface area contributed by atoms with E-state index in [0.717, 1.165) is 23.2 Å². The number of hydrogen-bond acceptors (Lipinski definition) is 4. The van der Waals surface area contributed by atoms with E-state index in [1.54, 1.807) is 0 Å². The number of carbonyl (C=O) groups is 2. The SMILES string of the molecule is CC(C)CC1CC(C#CC(=O)C(CCCC(C)(C)[Si](O)(c2ccccc2)c2ccccc2)CC(=O)OC(C)(C)C)C1. The van der Waals surface area contributed by atoms with Gasteiger partial charge in [0.25, 0.3) is 8.32 Å². The van der Waals surface area contributed by atoms with Crippen LogP contribution in [0, 0.1) is 35.5 Å². The van der Waals surface area contributed by atoms with Gasteiger partial charge >= 0.3 is 5.97 Å². The smallest absolute Gasteiger partial charge is 0.307 e. The number of rotatable bonds is 12. The molecule has 5 heteroatoms. The molecule has 1 N–H and O–H groups in total. The highest BCUT2D eigenvalue weighted by atomic mass is 28.4. The van der Waals surface area contributed by atoms with Crippen LogP contribution in [0.2, 0.25) is 5.04 Å². The number of benzene rings is 2. The van der Waals surface area contributed by atoms with E-state index in [-0.39, 0.29) is 24.1 Å². The minimum atomic E-state index is -3.14. The van der Waals surface area contributed by atoms with Crippen LogP contribution >= 0.6 is 0 Å². The van der Waals surface area contributed by atoms with E-state index < -0.39 is 24.9 Å². The van der Waals surface area contributed by atoms with E-state index in [4.69, 9.17) is 4.74 Å². The van der Waals surface area contributed by atoms with Crippen LogP contribution in [0.25, 0.3) is 0 Å². The van der Waals surface area contributed by atoms with Gasteiger partial charge in [0.15, 0.2) is 0 Å². The Kier molecular flexibility index (Phi) is 11.2. The molecule has 0 bridgehead atoms. The fourth-order valence-electron chi connectivity index (χ4n) is 6.18. The van der Waals surface area contributed by atoms with Gasteiger partial charge in [-0.3, -0.25) is 9.59 Å². The normalized spacial score (nSPS) is 18.2. The molecule has 1 aliphatic carbocycles. The Morgan fingerprint density at radius 3 is 1.98 bits per heavy atom. The van der Waals surface area contributed by atoms with Gasteiger partial charge in [-0.1, -0.05) is 101 Å². The summed E-state index contributed by atoms with van der Waals surface area (Å²) in [7, 11) is -3.14. The number of hydrogen-bond donors (Lipinski definition) is 1. The fourth-order valence-corrected chi connectivity index (χ4v) is 9.96. The molecule has 1 unspecified atom stereocenters. The first kappa shape index (κ1) is 32.8. The highest BCUT2D eigenvalue weighted by Gasteiger charge is 2.49. The highest BCUT2D eigenvalue weighted by molar-refractivity contribution is 6.98. The Bertz CT molecular complexity index is 1160. The van der Waals surface area contributed by atoms with E-state index in [9.17, 15) is 14.4 Å². The van der Waals surface area contributed by atoms with E-state index in [1.807, 2.05) is 81.4 Å². The third-order valence-corrected chi connectivity index (χ3v) is 12.9. The molecule has 1 atom stereocenters. The first-order valence-electron chi connectivity index (χ1n) is 15.3. The van der Waals surface area contributed by atoms with Gasteiger partial charge in [-0.2, -0.15) is 0 Å². The van der Waals surface area contributed by atoms with Gasteiger partial charge < -0.3 is 9.53 Å². The van der Waals surface area contributed by atoms with E-state index in [1.165, 1.54) is 6.42 Å². The average Bonchev–Trinajstić information content (AvgIpc) is 2.88. The third-order valence-electron chi connectivity index (χ3n) is 8.36. The van der Waals surface area contributed by atoms with Crippen LogP contribution in [-0.2, 0) is 14.3 Å². The van der Waals surface area contributed by atoms with Crippen LogP contribution in [0.3, 0.4) is 0 Å². The lowest BCUT2D eigenvalue weighted by atomic mass is 9.72. The maximum absolute atomic E-state index is 13.3. The van der Waals surface area contributed by atoms with Gasteiger partial charge in [-0.05, 0) is 86.0 Å². The Morgan fingerprint density at radius 1 is 0.951 bits per heavy atom. The molecule has 4 nitrogen and oxygen atoms in total. The predicted molar refractivity (Wildman–Crippen MR) is 170 cm³/mol. The van der Waals surface area contributed by atoms with Gasteiger partial charge in [0, 0.05) is 11.8 Å². The molecular formula is C36H50O4Si. The summed E-state index contributed by atoms with van der Waals surface area (Å²) < 4.78 is 5.57. The molecule has 2 aromatic rings. The first-order valence-corrected chi connectivity index (χ1v) is 17.3. The standard InChI is InChI=1S/C36H50O4Si/c1-27(2)23-29-24-28(25-29)20-21-33(37)30(26-34(38)40-35(3,4)5)15-14-22-36(6,7)41(39,31-16-10-8-11-17-31)32-18-12-9-13-19-32/h8-13,16-19,27-30,39H,14-15,22-26H2,1-7H3. The summed E-state index contributed by atoms with van der Waals surface area (Å²) in [5.74, 6) is 6.76. The molecular weight excluding hydrogens is 524 g/mol. The van der Waals surface area contributed by atoms with Crippen molar-refractivity contribution < 1.29 is 19.1 Å². The topological polar surface area (TPSA) is 63.6 Å². The van der Waals surface area contributed by atoms with Crippen LogP contribution in [0.5, 0.6) is 0 Å². The largest absolute Gasteiger partial charge is 0.460 e. The minimum absolute atomic E-state index is 0.0327. The van der Waals surface area contributed by atoms with Crippen molar-refractivity contribution in [3.05, 3.63) is 60.7 Å². The number of carbonyl (C=O) groups excluding carboxylic acids is 2. The van der Waals surface area contributed by atoms with Gasteiger partial charge in [0.2, 0.25) is 5.78 Å². The van der Waals surface area contributed by atoms with Crippen LogP contribution in [-0.4, -0.2) is 30.5 Å². The molecule has 2 aromatic carbocycles. The molecule has 0 spiro atoms. The van der Waals surface area contributed by atoms with E-state index in [2.05, 4.69) is 39.5 Å². The zero-order valence-electron chi connectivity index (χ0n) is 26.2. The Balaban J connectivity index is 1.74. The van der Waals surface area contributed by atoms with Crippen molar-refractivity contribution in [2.45, 2.75) is 104 Å². The Morgan fingerprint density at radius 2 is 1.49 bits per heavy atom. The molecule has 0 saturated heterocycles. The van der Waals surface area contributed by atoms with Crippen molar-refractivity contribution in [2.75, 3.05) is 0 Å². The van der Waals surface area contributed by atoms with Crippen molar-refractivity contribution >= 4 is 30.4 Å². The molecule has 0 amide bonds. The summed E-state index contributed by atoms with van der Waals surface area (Å²) >= 11 is 0. The van der Waals surface area contributed by atoms with Gasteiger partial charge in [0.1, 0.15) is 5.60 Å². The van der Waals surface area contributed by atoms with Gasteiger partial charge in [-0.25, -0.2) is 0 Å². The van der Waals surface area contributed by atoms with Crippen LogP contribution < -0.4 is 10.4 Å². The van der Waals surface area contributed by atoms with E-state index >= 15 is 0 Å². The minimum Gasteiger partial charge on any atom is -0.460 e. The highest BCUT2D eigenvalue weighted by Crippen LogP contribution is 2.41. The molecule has 222 valence electrons. The maximum Gasteiger partial charge on any atom is 0.307 e. The summed E-state index contributed by atoms with van der Waals surface area (Å²) in [5, 5.41) is 1.53. The summed E-state index contributed by atoms with van der Waals surface area (Å²) in [4.78, 5) is 38.5. The van der Waals surface area contributed by atoms with Gasteiger partial charge in [0.05, 0.1) is 6.42 Å². The zero-order valence-corrected chi connectivity index (χ0v) is 27.2. The number of ether oxygens (including phenoxy) is 1. The maximum atomic E-state index is 13.3. The lowest BCUT2D eigenvalue weighted by Crippen LogP contribution is -2.65. The second-order valence-electron chi connectivity index (χ2n) is 14.0. The molecule has 1 fully saturated rings. The van der Waals surface area contributed by atoms with Crippen molar-refractivity contribution in [3.63, 3.8) is 0 Å². The predicted octanol–water partition coefficient (Wildman–Crippen LogP) is 6.68. The van der Waals surface area contributed by atoms with Crippen molar-refractivity contribution in [1.29, 1.82) is 0 Å². The second-order valence-corrected chi connectivity index (χ2v) is 17.9. The fraction of sp³-hybridized carbons (Fsp3) is 0.556. The molecule has 0 radical (unpaired) electrons. The van der Waals surface area contributed by atoms with Crippen molar-refractivity contribution in [1.82, 2.24) is 0 Å². The van der Waals surface area contributed by atoms with E-state index in [0.29, 0.717) is 31.1 Å². The molecule has 0 aromatic heterocycles. The first-order chi connectivity index (χ1) is 19.2. The van der Waals surface area contributed by atoms with Crippen molar-refractivity contribution in [3.8, 4) is 11.8 Å². The Labute approximate surface area is 249 Å². The third kappa shape index (κ3) is 9.15. The summed E-state index contributed by atoms with van der Waals surface area (Å²) in [6.07, 6.45) is 5.31. The van der Waals surface area contributed by atoms with Crippen LogP contribution in [0.1, 0.15) is 93.4 Å². The van der Waals surface area contributed by atoms with Crippen LogP contribution in [0.4, 0.5) is 0 Å². The molecule has 0 aliphatic heterocycles. The van der Waals surface area contributed by atoms with Gasteiger partial charge in [-0.15, -0.1) is 0 Å². The van der Waals surface area contributed by atoms with Crippen molar-refractivity contribution in [2.24, 2.45) is 23.7 Å². The second kappa shape index (κ2) is 14.0. The molecule has 1 saturated carbocycles. The summed E-state index contributed by atoms with van der Waals surface area (Å²) in [6.45, 7) is 14.3. The number of ketones is 1. The average molecular weight is 575 g/mol. The Hall–Kier alpha value is -2.68. The summed E-state index contributed by atoms with van der Waals surface area (Å²) in [5.41, 5.74) is -0.608. The summed E-state index contributed by atoms with van der Waals surface area (Å²) in [6, 6.07) is 20.0. The molecule has 41 heavy (non-hydrogen) atoms. The molecule has 0 heterocycles. The quantitative estimate of drug-likeness (QED) is 0.133. The molecule has 1 aliphatic rings. The lowest BCUT2D eigenvalue weighted by molar-refractivity contribution is -0.156. The number of esters is 1. The van der Waals surface area contributed by atoms with Crippen LogP contribution in [0.15, 0.2) is 60.7 Å². The number of Topliss-reactive ketones (excluding diaryl/α,β-unsaturated/α-hetero) is 1.